The number of cyclic esters (lactones) is 1. The normalized spacial score (nSPS) is 34.7. The summed E-state index contributed by atoms with van der Waals surface area (Å²) in [5.41, 5.74) is 0. The first-order valence-corrected chi connectivity index (χ1v) is 3.52. The van der Waals surface area contributed by atoms with Crippen molar-refractivity contribution in [2.75, 3.05) is 12.5 Å². The summed E-state index contributed by atoms with van der Waals surface area (Å²) in [5.74, 6) is -0.257. The highest BCUT2D eigenvalue weighted by atomic mass is 35.5. The number of ether oxygens (including phenoxy) is 1. The minimum Gasteiger partial charge on any atom is -0.464 e. The van der Waals surface area contributed by atoms with Crippen LogP contribution >= 0.6 is 23.2 Å². The summed E-state index contributed by atoms with van der Waals surface area (Å²) in [4.78, 5) is 9.76. The van der Waals surface area contributed by atoms with Crippen LogP contribution in [0.3, 0.4) is 0 Å². The Kier molecular flexibility index (Phi) is 1.87. The first kappa shape index (κ1) is 7.16. The van der Waals surface area contributed by atoms with E-state index in [9.17, 15) is 4.79 Å². The van der Waals surface area contributed by atoms with Crippen LogP contribution in [0.15, 0.2) is 0 Å². The van der Waals surface area contributed by atoms with Crippen molar-refractivity contribution in [3.05, 3.63) is 0 Å². The van der Waals surface area contributed by atoms with E-state index in [-0.39, 0.29) is 11.8 Å². The Hall–Kier alpha value is 0.0500. The molecule has 1 rings (SSSR count). The van der Waals surface area contributed by atoms with Gasteiger partial charge in [0, 0.05) is 6.42 Å². The SMILES string of the molecule is O=C1OCCC1(Cl)CCl. The number of hydrogen-bond donors (Lipinski definition) is 0. The van der Waals surface area contributed by atoms with E-state index in [0.717, 1.165) is 0 Å². The second kappa shape index (κ2) is 2.35. The monoisotopic (exact) mass is 168 g/mol. The zero-order valence-electron chi connectivity index (χ0n) is 4.69. The van der Waals surface area contributed by atoms with Crippen molar-refractivity contribution < 1.29 is 9.53 Å². The molecule has 0 spiro atoms. The molecule has 4 heteroatoms. The maximum absolute atomic E-state index is 10.7. The van der Waals surface area contributed by atoms with Gasteiger partial charge in [0.15, 0.2) is 4.87 Å². The van der Waals surface area contributed by atoms with Gasteiger partial charge in [-0.15, -0.1) is 23.2 Å². The van der Waals surface area contributed by atoms with Gasteiger partial charge >= 0.3 is 5.97 Å². The van der Waals surface area contributed by atoms with Crippen LogP contribution in [-0.2, 0) is 9.53 Å². The first-order chi connectivity index (χ1) is 4.19. The molecule has 0 bridgehead atoms. The van der Waals surface area contributed by atoms with E-state index in [1.54, 1.807) is 0 Å². The lowest BCUT2D eigenvalue weighted by Gasteiger charge is -2.09. The molecule has 0 aromatic rings. The molecule has 1 aliphatic rings. The third kappa shape index (κ3) is 1.14. The fraction of sp³-hybridized carbons (Fsp3) is 0.800. The number of rotatable bonds is 1. The average Bonchev–Trinajstić information content (AvgIpc) is 2.15. The fourth-order valence-electron chi connectivity index (χ4n) is 0.658. The van der Waals surface area contributed by atoms with Crippen LogP contribution in [0, 0.1) is 0 Å². The molecule has 1 fully saturated rings. The predicted octanol–water partition coefficient (Wildman–Crippen LogP) is 1.15. The zero-order chi connectivity index (χ0) is 6.91. The molecule has 0 N–H and O–H groups in total. The molecule has 0 saturated carbocycles. The molecule has 0 amide bonds. The van der Waals surface area contributed by atoms with Crippen molar-refractivity contribution >= 4 is 29.2 Å². The van der Waals surface area contributed by atoms with E-state index in [2.05, 4.69) is 4.74 Å². The molecular weight excluding hydrogens is 163 g/mol. The quantitative estimate of drug-likeness (QED) is 0.434. The largest absolute Gasteiger partial charge is 0.464 e. The summed E-state index contributed by atoms with van der Waals surface area (Å²) in [6, 6.07) is 0. The third-order valence-corrected chi connectivity index (χ3v) is 2.38. The van der Waals surface area contributed by atoms with Gasteiger partial charge in [-0.05, 0) is 0 Å². The van der Waals surface area contributed by atoms with Gasteiger partial charge in [0.25, 0.3) is 0 Å². The van der Waals surface area contributed by atoms with E-state index in [0.29, 0.717) is 13.0 Å². The topological polar surface area (TPSA) is 26.3 Å². The molecule has 0 radical (unpaired) electrons. The van der Waals surface area contributed by atoms with Crippen LogP contribution in [0.4, 0.5) is 0 Å². The molecular formula is C5H6Cl2O2. The Labute approximate surface area is 63.1 Å². The summed E-state index contributed by atoms with van der Waals surface area (Å²) < 4.78 is 4.60. The number of alkyl halides is 2. The number of carbonyl (C=O) groups is 1. The number of halogens is 2. The van der Waals surface area contributed by atoms with E-state index < -0.39 is 4.87 Å². The third-order valence-electron chi connectivity index (χ3n) is 1.31. The molecule has 1 atom stereocenters. The van der Waals surface area contributed by atoms with E-state index in [1.807, 2.05) is 0 Å². The van der Waals surface area contributed by atoms with Gasteiger partial charge in [-0.1, -0.05) is 0 Å². The average molecular weight is 169 g/mol. The minimum absolute atomic E-state index is 0.132. The summed E-state index contributed by atoms with van der Waals surface area (Å²) in [6.45, 7) is 0.398. The Balaban J connectivity index is 2.67. The molecule has 1 aliphatic heterocycles. The predicted molar refractivity (Wildman–Crippen MR) is 34.9 cm³/mol. The second-order valence-corrected chi connectivity index (χ2v) is 2.98. The summed E-state index contributed by atoms with van der Waals surface area (Å²) in [7, 11) is 0. The Morgan fingerprint density at radius 2 is 2.44 bits per heavy atom. The molecule has 0 aromatic heterocycles. The Bertz CT molecular complexity index is 137. The van der Waals surface area contributed by atoms with Gasteiger partial charge in [0.1, 0.15) is 0 Å². The highest BCUT2D eigenvalue weighted by Gasteiger charge is 2.41. The van der Waals surface area contributed by atoms with E-state index >= 15 is 0 Å². The first-order valence-electron chi connectivity index (χ1n) is 2.61. The Morgan fingerprint density at radius 3 is 2.67 bits per heavy atom. The lowest BCUT2D eigenvalue weighted by atomic mass is 10.1. The number of hydrogen-bond acceptors (Lipinski definition) is 2. The maximum atomic E-state index is 10.7. The van der Waals surface area contributed by atoms with Gasteiger partial charge in [0.2, 0.25) is 0 Å². The van der Waals surface area contributed by atoms with Crippen molar-refractivity contribution in [1.29, 1.82) is 0 Å². The van der Waals surface area contributed by atoms with Crippen LogP contribution < -0.4 is 0 Å². The molecule has 2 nitrogen and oxygen atoms in total. The van der Waals surface area contributed by atoms with Crippen LogP contribution in [-0.4, -0.2) is 23.3 Å². The molecule has 0 aliphatic carbocycles. The van der Waals surface area contributed by atoms with Crippen LogP contribution in [0.25, 0.3) is 0 Å². The van der Waals surface area contributed by atoms with Crippen molar-refractivity contribution in [2.24, 2.45) is 0 Å². The Morgan fingerprint density at radius 1 is 1.78 bits per heavy atom. The summed E-state index contributed by atoms with van der Waals surface area (Å²) in [6.07, 6.45) is 0.525. The van der Waals surface area contributed by atoms with Gasteiger partial charge < -0.3 is 4.74 Å². The number of carbonyl (C=O) groups excluding carboxylic acids is 1. The molecule has 0 aromatic carbocycles. The van der Waals surface area contributed by atoms with Crippen LogP contribution in [0.2, 0.25) is 0 Å². The van der Waals surface area contributed by atoms with Gasteiger partial charge in [-0.25, -0.2) is 0 Å². The molecule has 52 valence electrons. The standard InChI is InChI=1S/C5H6Cl2O2/c6-3-5(7)1-2-9-4(5)8/h1-3H2. The lowest BCUT2D eigenvalue weighted by Crippen LogP contribution is -2.28. The van der Waals surface area contributed by atoms with Gasteiger partial charge in [0.05, 0.1) is 12.5 Å². The van der Waals surface area contributed by atoms with Gasteiger partial charge in [-0.3, -0.25) is 4.79 Å². The van der Waals surface area contributed by atoms with Gasteiger partial charge in [-0.2, -0.15) is 0 Å². The minimum atomic E-state index is -0.929. The molecule has 1 unspecified atom stereocenters. The van der Waals surface area contributed by atoms with Crippen LogP contribution in [0.1, 0.15) is 6.42 Å². The number of esters is 1. The van der Waals surface area contributed by atoms with E-state index in [4.69, 9.17) is 23.2 Å². The van der Waals surface area contributed by atoms with Crippen molar-refractivity contribution in [3.8, 4) is 0 Å². The van der Waals surface area contributed by atoms with Crippen molar-refractivity contribution in [1.82, 2.24) is 0 Å². The van der Waals surface area contributed by atoms with Crippen molar-refractivity contribution in [3.63, 3.8) is 0 Å². The smallest absolute Gasteiger partial charge is 0.328 e. The molecule has 9 heavy (non-hydrogen) atoms. The van der Waals surface area contributed by atoms with Crippen molar-refractivity contribution in [2.45, 2.75) is 11.3 Å². The maximum Gasteiger partial charge on any atom is 0.328 e. The lowest BCUT2D eigenvalue weighted by molar-refractivity contribution is -0.139. The zero-order valence-corrected chi connectivity index (χ0v) is 6.21. The highest BCUT2D eigenvalue weighted by molar-refractivity contribution is 6.39. The summed E-state index contributed by atoms with van der Waals surface area (Å²) in [5, 5.41) is 0. The molecule has 1 saturated heterocycles. The molecule has 1 heterocycles. The second-order valence-electron chi connectivity index (χ2n) is 1.98. The van der Waals surface area contributed by atoms with E-state index in [1.165, 1.54) is 0 Å². The highest BCUT2D eigenvalue weighted by Crippen LogP contribution is 2.28. The van der Waals surface area contributed by atoms with Crippen LogP contribution in [0.5, 0.6) is 0 Å². The summed E-state index contributed by atoms with van der Waals surface area (Å²) >= 11 is 11.1. The fourth-order valence-corrected chi connectivity index (χ4v) is 1.03.